The number of hydrogen-bond acceptors (Lipinski definition) is 3. The first-order chi connectivity index (χ1) is 18.7. The summed E-state index contributed by atoms with van der Waals surface area (Å²) in [5, 5.41) is 13.3. The average Bonchev–Trinajstić information content (AvgIpc) is 2.84. The molecule has 0 radical (unpaired) electrons. The van der Waals surface area contributed by atoms with E-state index in [1.807, 2.05) is 6.92 Å². The molecule has 4 aliphatic carbocycles. The van der Waals surface area contributed by atoms with E-state index < -0.39 is 23.0 Å². The van der Waals surface area contributed by atoms with Crippen LogP contribution in [-0.4, -0.2) is 35.1 Å². The Morgan fingerprint density at radius 3 is 2.15 bits per heavy atom. The number of carbonyl (C=O) groups excluding carboxylic acids is 2. The standard InChI is InChI=1S/C34H54F3NO3/c1-20(2)21(3)27-22-10-11-25-31(8,15-13-24-29(4,5)26(40)14-16-32(24,25)9)23(22)12-17-33(27,18-19-39)28(41)38-30(6,7)34(35,36)37/h19-20,22-26,40H,10-18H2,1-9H3,(H,38,41)/t22?,23?,24?,25?,26-,31-,32-,33+/m0/s1. The minimum absolute atomic E-state index is 0.0318. The van der Waals surface area contributed by atoms with Crippen LogP contribution in [0.3, 0.4) is 0 Å². The van der Waals surface area contributed by atoms with Crippen molar-refractivity contribution < 1.29 is 27.9 Å². The van der Waals surface area contributed by atoms with E-state index in [0.717, 1.165) is 76.2 Å². The Morgan fingerprint density at radius 1 is 0.976 bits per heavy atom. The van der Waals surface area contributed by atoms with E-state index in [4.69, 9.17) is 0 Å². The maximum atomic E-state index is 14.1. The second-order valence-electron chi connectivity index (χ2n) is 16.1. The Morgan fingerprint density at radius 2 is 1.59 bits per heavy atom. The normalized spacial score (nSPS) is 42.0. The highest BCUT2D eigenvalue weighted by molar-refractivity contribution is 5.89. The van der Waals surface area contributed by atoms with Crippen molar-refractivity contribution in [3.05, 3.63) is 11.1 Å². The predicted octanol–water partition coefficient (Wildman–Crippen LogP) is 8.03. The van der Waals surface area contributed by atoms with Gasteiger partial charge in [-0.05, 0) is 118 Å². The van der Waals surface area contributed by atoms with E-state index in [9.17, 15) is 27.9 Å². The minimum Gasteiger partial charge on any atom is -0.393 e. The van der Waals surface area contributed by atoms with Gasteiger partial charge >= 0.3 is 6.18 Å². The molecule has 4 nitrogen and oxygen atoms in total. The van der Waals surface area contributed by atoms with Crippen molar-refractivity contribution in [2.24, 2.45) is 51.2 Å². The highest BCUT2D eigenvalue weighted by Gasteiger charge is 2.66. The molecule has 0 saturated heterocycles. The maximum absolute atomic E-state index is 14.1. The van der Waals surface area contributed by atoms with Crippen LogP contribution in [0, 0.1) is 51.2 Å². The maximum Gasteiger partial charge on any atom is 0.410 e. The Bertz CT molecular complexity index is 1080. The van der Waals surface area contributed by atoms with Gasteiger partial charge in [0.1, 0.15) is 11.8 Å². The fourth-order valence-corrected chi connectivity index (χ4v) is 10.6. The van der Waals surface area contributed by atoms with Crippen LogP contribution in [0.1, 0.15) is 120 Å². The molecule has 2 N–H and O–H groups in total. The Hall–Kier alpha value is -1.37. The molecule has 0 aromatic carbocycles. The fourth-order valence-electron chi connectivity index (χ4n) is 10.6. The smallest absolute Gasteiger partial charge is 0.393 e. The van der Waals surface area contributed by atoms with Crippen LogP contribution in [0.25, 0.3) is 0 Å². The highest BCUT2D eigenvalue weighted by atomic mass is 19.4. The van der Waals surface area contributed by atoms with Gasteiger partial charge in [0.05, 0.1) is 11.5 Å². The number of rotatable bonds is 5. The minimum atomic E-state index is -4.61. The van der Waals surface area contributed by atoms with Gasteiger partial charge in [-0.2, -0.15) is 13.2 Å². The molecule has 41 heavy (non-hydrogen) atoms. The molecule has 4 rings (SSSR count). The first-order valence-corrected chi connectivity index (χ1v) is 15.9. The van der Waals surface area contributed by atoms with Crippen molar-refractivity contribution in [2.75, 3.05) is 0 Å². The largest absolute Gasteiger partial charge is 0.410 e. The molecule has 0 aromatic rings. The van der Waals surface area contributed by atoms with Gasteiger partial charge in [0.15, 0.2) is 0 Å². The van der Waals surface area contributed by atoms with Crippen molar-refractivity contribution >= 4 is 12.2 Å². The SMILES string of the molecule is CC(=C1C2CCC3[C@@](C)(CCC4C(C)(C)[C@@H](O)CC[C@@]43C)C2CC[C@]1(CC=O)C(=O)NC(C)(C)C(F)(F)F)C(C)C. The molecule has 234 valence electrons. The van der Waals surface area contributed by atoms with Crippen molar-refractivity contribution in [3.8, 4) is 0 Å². The zero-order valence-electron chi connectivity index (χ0n) is 26.8. The molecule has 4 saturated carbocycles. The predicted molar refractivity (Wildman–Crippen MR) is 156 cm³/mol. The summed E-state index contributed by atoms with van der Waals surface area (Å²) in [6, 6.07) is 0. The fraction of sp³-hybridized carbons (Fsp3) is 0.882. The first kappa shape index (κ1) is 32.5. The van der Waals surface area contributed by atoms with E-state index >= 15 is 0 Å². The lowest BCUT2D eigenvalue weighted by Gasteiger charge is -2.69. The molecule has 1 amide bonds. The van der Waals surface area contributed by atoms with Crippen LogP contribution >= 0.6 is 0 Å². The van der Waals surface area contributed by atoms with Gasteiger partial charge in [-0.1, -0.05) is 52.7 Å². The van der Waals surface area contributed by atoms with Gasteiger partial charge in [-0.15, -0.1) is 0 Å². The van der Waals surface area contributed by atoms with Crippen molar-refractivity contribution in [1.82, 2.24) is 5.32 Å². The third-order valence-corrected chi connectivity index (χ3v) is 13.2. The van der Waals surface area contributed by atoms with Crippen LogP contribution in [0.2, 0.25) is 0 Å². The van der Waals surface area contributed by atoms with Crippen LogP contribution in [0.4, 0.5) is 13.2 Å². The number of allylic oxidation sites excluding steroid dienone is 1. The highest BCUT2D eigenvalue weighted by Crippen LogP contribution is 2.72. The van der Waals surface area contributed by atoms with Gasteiger partial charge in [-0.3, -0.25) is 4.79 Å². The lowest BCUT2D eigenvalue weighted by molar-refractivity contribution is -0.204. The van der Waals surface area contributed by atoms with Crippen molar-refractivity contribution in [1.29, 1.82) is 0 Å². The third kappa shape index (κ3) is 4.83. The van der Waals surface area contributed by atoms with Crippen LogP contribution in [0.5, 0.6) is 0 Å². The van der Waals surface area contributed by atoms with Crippen LogP contribution in [0.15, 0.2) is 11.1 Å². The number of amides is 1. The molecule has 0 spiro atoms. The van der Waals surface area contributed by atoms with Crippen LogP contribution in [-0.2, 0) is 9.59 Å². The van der Waals surface area contributed by atoms with Crippen molar-refractivity contribution in [2.45, 2.75) is 138 Å². The number of aliphatic hydroxyl groups is 1. The molecule has 8 atom stereocenters. The van der Waals surface area contributed by atoms with E-state index in [-0.39, 0.29) is 40.6 Å². The number of carbonyl (C=O) groups is 2. The molecule has 0 bridgehead atoms. The summed E-state index contributed by atoms with van der Waals surface area (Å²) in [5.74, 6) is 0.743. The topological polar surface area (TPSA) is 66.4 Å². The molecule has 4 aliphatic rings. The number of halogens is 3. The Labute approximate surface area is 245 Å². The molecular formula is C34H54F3NO3. The molecule has 4 fully saturated rings. The first-order valence-electron chi connectivity index (χ1n) is 15.9. The summed E-state index contributed by atoms with van der Waals surface area (Å²) < 4.78 is 41.7. The number of nitrogens with one attached hydrogen (secondary N) is 1. The van der Waals surface area contributed by atoms with Crippen molar-refractivity contribution in [3.63, 3.8) is 0 Å². The van der Waals surface area contributed by atoms with E-state index in [1.54, 1.807) is 0 Å². The van der Waals surface area contributed by atoms with E-state index in [2.05, 4.69) is 46.9 Å². The number of aliphatic hydroxyl groups excluding tert-OH is 1. The lowest BCUT2D eigenvalue weighted by Crippen LogP contribution is -2.64. The monoisotopic (exact) mass is 581 g/mol. The van der Waals surface area contributed by atoms with Crippen LogP contribution < -0.4 is 5.32 Å². The molecule has 7 heteroatoms. The summed E-state index contributed by atoms with van der Waals surface area (Å²) in [7, 11) is 0. The number of fused-ring (bicyclic) bond motifs is 5. The Balaban J connectivity index is 1.78. The number of alkyl halides is 3. The number of aldehydes is 1. The zero-order chi connectivity index (χ0) is 31.0. The van der Waals surface area contributed by atoms with Gasteiger partial charge in [0.2, 0.25) is 5.91 Å². The number of hydrogen-bond donors (Lipinski definition) is 2. The van der Waals surface area contributed by atoms with Gasteiger partial charge in [0.25, 0.3) is 0 Å². The van der Waals surface area contributed by atoms with Gasteiger partial charge < -0.3 is 15.2 Å². The zero-order valence-corrected chi connectivity index (χ0v) is 26.8. The summed E-state index contributed by atoms with van der Waals surface area (Å²) in [5.41, 5.74) is -1.67. The Kier molecular flexibility index (Phi) is 8.23. The summed E-state index contributed by atoms with van der Waals surface area (Å²) in [4.78, 5) is 26.2. The van der Waals surface area contributed by atoms with E-state index in [0.29, 0.717) is 24.2 Å². The molecule has 0 heterocycles. The molecule has 0 aliphatic heterocycles. The van der Waals surface area contributed by atoms with Gasteiger partial charge in [-0.25, -0.2) is 0 Å². The summed E-state index contributed by atoms with van der Waals surface area (Å²) in [6.45, 7) is 17.5. The molecule has 4 unspecified atom stereocenters. The molecule has 0 aromatic heterocycles. The third-order valence-electron chi connectivity index (χ3n) is 13.2. The molecular weight excluding hydrogens is 527 g/mol. The second-order valence-corrected chi connectivity index (χ2v) is 16.1. The summed E-state index contributed by atoms with van der Waals surface area (Å²) >= 11 is 0. The van der Waals surface area contributed by atoms with Gasteiger partial charge in [0, 0.05) is 6.42 Å². The van der Waals surface area contributed by atoms with E-state index in [1.165, 1.54) is 0 Å². The average molecular weight is 582 g/mol. The second kappa shape index (κ2) is 10.4. The quantitative estimate of drug-likeness (QED) is 0.255. The lowest BCUT2D eigenvalue weighted by atomic mass is 9.36. The summed E-state index contributed by atoms with van der Waals surface area (Å²) in [6.07, 6.45) is 2.67.